The monoisotopic (exact) mass is 420 g/mol. The number of aromatic amines is 1. The molecular formula is C27H36N2O2. The maximum Gasteiger partial charge on any atom is 0.0679 e. The van der Waals surface area contributed by atoms with Gasteiger partial charge in [-0.1, -0.05) is 30.3 Å². The van der Waals surface area contributed by atoms with Gasteiger partial charge >= 0.3 is 0 Å². The van der Waals surface area contributed by atoms with Crippen molar-refractivity contribution >= 4 is 16.5 Å². The SMILES string of the molecule is CC1CC(O)CN1.CO.Cc1cc2cc(-c3cccc(C4=CCCCC4)c3)ccc2[nH]1. The van der Waals surface area contributed by atoms with Gasteiger partial charge in [-0.25, -0.2) is 0 Å². The van der Waals surface area contributed by atoms with E-state index in [0.717, 1.165) is 20.1 Å². The van der Waals surface area contributed by atoms with Gasteiger partial charge in [-0.3, -0.25) is 0 Å². The molecule has 2 atom stereocenters. The first-order valence-electron chi connectivity index (χ1n) is 11.3. The van der Waals surface area contributed by atoms with Crippen LogP contribution in [0.25, 0.3) is 27.6 Å². The summed E-state index contributed by atoms with van der Waals surface area (Å²) in [4.78, 5) is 3.39. The van der Waals surface area contributed by atoms with Crippen molar-refractivity contribution < 1.29 is 10.2 Å². The van der Waals surface area contributed by atoms with Gasteiger partial charge in [-0.15, -0.1) is 0 Å². The Morgan fingerprint density at radius 1 is 0.935 bits per heavy atom. The molecule has 5 rings (SSSR count). The summed E-state index contributed by atoms with van der Waals surface area (Å²) in [5.41, 5.74) is 7.95. The van der Waals surface area contributed by atoms with E-state index in [-0.39, 0.29) is 6.10 Å². The topological polar surface area (TPSA) is 68.3 Å². The molecule has 4 heteroatoms. The molecule has 1 aromatic heterocycles. The number of hydrogen-bond donors (Lipinski definition) is 4. The standard InChI is InChI=1S/C21H21N.C5H11NO.CH4O/c1-15-12-20-14-19(10-11-21(20)22-15)18-9-5-8-17(13-18)16-6-3-2-4-7-16;1-4-2-5(7)3-6-4;1-2/h5-6,8-14,22H,2-4,7H2,1H3;4-7H,2-3H2,1H3;2H,1H3. The molecule has 2 aliphatic rings. The van der Waals surface area contributed by atoms with E-state index in [4.69, 9.17) is 10.2 Å². The largest absolute Gasteiger partial charge is 0.400 e. The average Bonchev–Trinajstić information content (AvgIpc) is 3.38. The first-order chi connectivity index (χ1) is 15.1. The van der Waals surface area contributed by atoms with Crippen molar-refractivity contribution in [3.05, 3.63) is 65.9 Å². The zero-order valence-corrected chi connectivity index (χ0v) is 19.0. The summed E-state index contributed by atoms with van der Waals surface area (Å²) in [6.45, 7) is 4.97. The van der Waals surface area contributed by atoms with Crippen molar-refractivity contribution in [3.63, 3.8) is 0 Å². The first kappa shape index (κ1) is 23.3. The van der Waals surface area contributed by atoms with Gasteiger partial charge in [0.05, 0.1) is 6.10 Å². The van der Waals surface area contributed by atoms with Crippen LogP contribution in [0.15, 0.2) is 54.6 Å². The number of H-pyrrole nitrogens is 1. The van der Waals surface area contributed by atoms with Crippen molar-refractivity contribution in [1.82, 2.24) is 10.3 Å². The summed E-state index contributed by atoms with van der Waals surface area (Å²) in [5.74, 6) is 0. The van der Waals surface area contributed by atoms with Crippen LogP contribution in [-0.2, 0) is 0 Å². The maximum atomic E-state index is 8.84. The van der Waals surface area contributed by atoms with E-state index in [9.17, 15) is 0 Å². The molecule has 31 heavy (non-hydrogen) atoms. The lowest BCUT2D eigenvalue weighted by molar-refractivity contribution is 0.194. The molecule has 0 bridgehead atoms. The summed E-state index contributed by atoms with van der Waals surface area (Å²) < 4.78 is 0. The summed E-state index contributed by atoms with van der Waals surface area (Å²) in [6.07, 6.45) is 8.36. The van der Waals surface area contributed by atoms with E-state index in [1.54, 1.807) is 0 Å². The fourth-order valence-electron chi connectivity index (χ4n) is 4.37. The van der Waals surface area contributed by atoms with Gasteiger partial charge in [-0.2, -0.15) is 0 Å². The number of aliphatic hydroxyl groups is 2. The fraction of sp³-hybridized carbons (Fsp3) is 0.407. The van der Waals surface area contributed by atoms with Crippen molar-refractivity contribution in [1.29, 1.82) is 0 Å². The number of aliphatic hydroxyl groups excluding tert-OH is 2. The van der Waals surface area contributed by atoms with Crippen LogP contribution in [0.2, 0.25) is 0 Å². The molecule has 0 spiro atoms. The van der Waals surface area contributed by atoms with E-state index in [1.807, 2.05) is 0 Å². The molecule has 0 radical (unpaired) electrons. The highest BCUT2D eigenvalue weighted by molar-refractivity contribution is 5.86. The maximum absolute atomic E-state index is 8.84. The molecule has 0 amide bonds. The number of benzene rings is 2. The van der Waals surface area contributed by atoms with Crippen LogP contribution in [0.5, 0.6) is 0 Å². The van der Waals surface area contributed by atoms with Gasteiger partial charge < -0.3 is 20.5 Å². The van der Waals surface area contributed by atoms with E-state index >= 15 is 0 Å². The molecule has 2 unspecified atom stereocenters. The lowest BCUT2D eigenvalue weighted by atomic mass is 9.91. The molecule has 4 nitrogen and oxygen atoms in total. The summed E-state index contributed by atoms with van der Waals surface area (Å²) in [7, 11) is 1.00. The Kier molecular flexibility index (Phi) is 8.47. The van der Waals surface area contributed by atoms with Crippen molar-refractivity contribution in [2.24, 2.45) is 0 Å². The van der Waals surface area contributed by atoms with E-state index < -0.39 is 0 Å². The highest BCUT2D eigenvalue weighted by Gasteiger charge is 2.16. The van der Waals surface area contributed by atoms with Crippen LogP contribution in [0.1, 0.15) is 50.3 Å². The van der Waals surface area contributed by atoms with Crippen LogP contribution in [0.3, 0.4) is 0 Å². The van der Waals surface area contributed by atoms with Crippen molar-refractivity contribution in [3.8, 4) is 11.1 Å². The fourth-order valence-corrected chi connectivity index (χ4v) is 4.37. The summed E-state index contributed by atoms with van der Waals surface area (Å²) in [5, 5.41) is 20.2. The number of nitrogens with one attached hydrogen (secondary N) is 2. The molecule has 1 aliphatic heterocycles. The third kappa shape index (κ3) is 6.30. The molecule has 1 aliphatic carbocycles. The second-order valence-electron chi connectivity index (χ2n) is 8.51. The van der Waals surface area contributed by atoms with E-state index in [2.05, 4.69) is 78.8 Å². The van der Waals surface area contributed by atoms with E-state index in [1.165, 1.54) is 64.5 Å². The Morgan fingerprint density at radius 2 is 1.71 bits per heavy atom. The molecule has 1 fully saturated rings. The molecule has 0 saturated carbocycles. The number of aromatic nitrogens is 1. The van der Waals surface area contributed by atoms with Crippen LogP contribution in [0.4, 0.5) is 0 Å². The Bertz CT molecular complexity index is 997. The van der Waals surface area contributed by atoms with Crippen LogP contribution in [0, 0.1) is 6.92 Å². The molecule has 1 saturated heterocycles. The Hall–Kier alpha value is -2.40. The second kappa shape index (κ2) is 11.3. The molecule has 2 aromatic carbocycles. The Morgan fingerprint density at radius 3 is 2.35 bits per heavy atom. The predicted molar refractivity (Wildman–Crippen MR) is 131 cm³/mol. The minimum atomic E-state index is -0.0880. The smallest absolute Gasteiger partial charge is 0.0679 e. The zero-order valence-electron chi connectivity index (χ0n) is 19.0. The van der Waals surface area contributed by atoms with Crippen molar-refractivity contribution in [2.75, 3.05) is 13.7 Å². The third-order valence-electron chi connectivity index (χ3n) is 5.94. The number of β-amino-alcohol motifs (C(OH)–C–C–N with tert-alkyl or cyclic N) is 1. The molecule has 2 heterocycles. The van der Waals surface area contributed by atoms with Crippen molar-refractivity contribution in [2.45, 2.75) is 58.1 Å². The highest BCUT2D eigenvalue weighted by Crippen LogP contribution is 2.31. The first-order valence-corrected chi connectivity index (χ1v) is 11.3. The van der Waals surface area contributed by atoms with Gasteiger partial charge in [0.1, 0.15) is 0 Å². The summed E-state index contributed by atoms with van der Waals surface area (Å²) >= 11 is 0. The third-order valence-corrected chi connectivity index (χ3v) is 5.94. The Balaban J connectivity index is 0.000000256. The lowest BCUT2D eigenvalue weighted by Crippen LogP contribution is -2.17. The van der Waals surface area contributed by atoms with Crippen LogP contribution in [-0.4, -0.2) is 41.0 Å². The molecular weight excluding hydrogens is 384 g/mol. The minimum Gasteiger partial charge on any atom is -0.400 e. The molecule has 3 aromatic rings. The van der Waals surface area contributed by atoms with Crippen LogP contribution >= 0.6 is 0 Å². The molecule has 4 N–H and O–H groups in total. The number of fused-ring (bicyclic) bond motifs is 1. The van der Waals surface area contributed by atoms with Gasteiger partial charge in [0.15, 0.2) is 0 Å². The normalized spacial score (nSPS) is 20.4. The second-order valence-corrected chi connectivity index (χ2v) is 8.51. The van der Waals surface area contributed by atoms with Gasteiger partial charge in [0, 0.05) is 36.3 Å². The lowest BCUT2D eigenvalue weighted by Gasteiger charge is -2.14. The number of allylic oxidation sites excluding steroid dienone is 2. The van der Waals surface area contributed by atoms with Gasteiger partial charge in [0.25, 0.3) is 0 Å². The summed E-state index contributed by atoms with van der Waals surface area (Å²) in [6, 6.07) is 18.4. The average molecular weight is 421 g/mol. The minimum absolute atomic E-state index is 0.0880. The zero-order chi connectivity index (χ0) is 22.2. The van der Waals surface area contributed by atoms with Gasteiger partial charge in [0.2, 0.25) is 0 Å². The Labute approximate surface area is 186 Å². The van der Waals surface area contributed by atoms with E-state index in [0.29, 0.717) is 6.04 Å². The quantitative estimate of drug-likeness (QED) is 0.446. The van der Waals surface area contributed by atoms with Gasteiger partial charge in [-0.05, 0) is 92.5 Å². The van der Waals surface area contributed by atoms with Crippen LogP contribution < -0.4 is 5.32 Å². The number of hydrogen-bond acceptors (Lipinski definition) is 3. The highest BCUT2D eigenvalue weighted by atomic mass is 16.3. The molecule has 166 valence electrons. The number of rotatable bonds is 2. The predicted octanol–water partition coefficient (Wildman–Crippen LogP) is 5.44. The number of aryl methyl sites for hydroxylation is 1.